The molecule has 69 heavy (non-hydrogen) atoms. The highest BCUT2D eigenvalue weighted by Crippen LogP contribution is 2.40. The smallest absolute Gasteiger partial charge is 0.164 e. The van der Waals surface area contributed by atoms with E-state index in [1.165, 1.54) is 54.5 Å². The summed E-state index contributed by atoms with van der Waals surface area (Å²) in [5.74, 6) is 1.85. The van der Waals surface area contributed by atoms with Gasteiger partial charge in [-0.15, -0.1) is 0 Å². The van der Waals surface area contributed by atoms with Gasteiger partial charge in [-0.2, -0.15) is 0 Å². The maximum atomic E-state index is 5.26. The van der Waals surface area contributed by atoms with Gasteiger partial charge in [-0.25, -0.2) is 15.0 Å². The molecule has 0 bridgehead atoms. The van der Waals surface area contributed by atoms with Crippen molar-refractivity contribution in [2.24, 2.45) is 0 Å². The third-order valence-electron chi connectivity index (χ3n) is 13.9. The fourth-order valence-electron chi connectivity index (χ4n) is 10.7. The number of nitrogens with zero attached hydrogens (tertiary/aromatic N) is 6. The van der Waals surface area contributed by atoms with Crippen LogP contribution in [0.15, 0.2) is 231 Å². The summed E-state index contributed by atoms with van der Waals surface area (Å²) in [6.45, 7) is 0. The van der Waals surface area contributed by atoms with Crippen molar-refractivity contribution in [3.8, 4) is 51.2 Å². The van der Waals surface area contributed by atoms with Gasteiger partial charge in [0, 0.05) is 66.1 Å². The van der Waals surface area contributed by atoms with Crippen LogP contribution in [-0.4, -0.2) is 28.7 Å². The molecule has 9 aromatic carbocycles. The second-order valence-electron chi connectivity index (χ2n) is 17.9. The molecule has 0 fully saturated rings. The van der Waals surface area contributed by atoms with E-state index in [0.29, 0.717) is 17.5 Å². The van der Waals surface area contributed by atoms with Crippen molar-refractivity contribution in [2.75, 3.05) is 0 Å². The molecule has 6 nitrogen and oxygen atoms in total. The van der Waals surface area contributed by atoms with Crippen LogP contribution in [0.1, 0.15) is 18.4 Å². The first kappa shape index (κ1) is 39.1. The van der Waals surface area contributed by atoms with Crippen LogP contribution in [0.3, 0.4) is 0 Å². The van der Waals surface area contributed by atoms with Gasteiger partial charge in [0.05, 0.1) is 33.1 Å². The molecule has 0 atom stereocenters. The first-order valence-corrected chi connectivity index (χ1v) is 23.7. The van der Waals surface area contributed by atoms with E-state index >= 15 is 0 Å². The lowest BCUT2D eigenvalue weighted by Crippen LogP contribution is -2.01. The minimum atomic E-state index is 0.613. The van der Waals surface area contributed by atoms with Gasteiger partial charge < -0.3 is 13.7 Å². The second kappa shape index (κ2) is 15.8. The van der Waals surface area contributed by atoms with Crippen molar-refractivity contribution in [3.05, 3.63) is 236 Å². The Morgan fingerprint density at radius 2 is 0.725 bits per heavy atom. The zero-order chi connectivity index (χ0) is 45.4. The summed E-state index contributed by atoms with van der Waals surface area (Å²) in [5, 5.41) is 7.35. The lowest BCUT2D eigenvalue weighted by atomic mass is 9.98. The van der Waals surface area contributed by atoms with Crippen LogP contribution >= 0.6 is 0 Å². The minimum absolute atomic E-state index is 0.613. The first-order chi connectivity index (χ1) is 34.2. The Balaban J connectivity index is 0.918. The number of hydrogen-bond acceptors (Lipinski definition) is 3. The van der Waals surface area contributed by atoms with Crippen molar-refractivity contribution in [3.63, 3.8) is 0 Å². The van der Waals surface area contributed by atoms with Gasteiger partial charge in [0.1, 0.15) is 0 Å². The Kier molecular flexibility index (Phi) is 8.92. The zero-order valence-electron chi connectivity index (χ0n) is 37.5. The van der Waals surface area contributed by atoms with E-state index < -0.39 is 0 Å². The Morgan fingerprint density at radius 1 is 0.290 bits per heavy atom. The molecule has 324 valence electrons. The number of fused-ring (bicyclic) bond motifs is 9. The Hall–Kier alpha value is -9.13. The summed E-state index contributed by atoms with van der Waals surface area (Å²) < 4.78 is 7.12. The predicted molar refractivity (Wildman–Crippen MR) is 286 cm³/mol. The van der Waals surface area contributed by atoms with Gasteiger partial charge in [-0.3, -0.25) is 0 Å². The van der Waals surface area contributed by atoms with E-state index in [0.717, 1.165) is 68.7 Å². The maximum absolute atomic E-state index is 5.26. The monoisotopic (exact) mass is 882 g/mol. The summed E-state index contributed by atoms with van der Waals surface area (Å²) in [5.41, 5.74) is 15.4. The van der Waals surface area contributed by atoms with Gasteiger partial charge >= 0.3 is 0 Å². The number of para-hydroxylation sites is 5. The molecule has 4 heterocycles. The molecule has 0 spiro atoms. The number of aromatic nitrogens is 6. The summed E-state index contributed by atoms with van der Waals surface area (Å²) >= 11 is 0. The Bertz CT molecular complexity index is 4170. The standard InChI is InChI=1S/C63H42N6/c1-3-16-41(17-4-1)42-30-32-43(33-31-42)61-64-62(66-63(65-61)45-18-15-21-48(38-45)69-55-26-11-7-22-49(55)50-23-8-12-27-56(50)69)44-34-36-47(37-35-44)68-58-29-14-10-25-52(58)54-39-53-51-24-9-13-28-57(51)67(59(53)40-60(54)68)46-19-5-2-6-20-46/h2-3,5-40H,1,4H2. The van der Waals surface area contributed by atoms with Crippen LogP contribution < -0.4 is 0 Å². The lowest BCUT2D eigenvalue weighted by molar-refractivity contribution is 1.04. The molecule has 1 aliphatic carbocycles. The van der Waals surface area contributed by atoms with Crippen LogP contribution in [0, 0.1) is 0 Å². The quantitative estimate of drug-likeness (QED) is 0.160. The molecule has 0 N–H and O–H groups in total. The van der Waals surface area contributed by atoms with Crippen LogP contribution in [0.5, 0.6) is 0 Å². The highest BCUT2D eigenvalue weighted by atomic mass is 15.0. The molecule has 0 aliphatic heterocycles. The van der Waals surface area contributed by atoms with Crippen molar-refractivity contribution in [1.82, 2.24) is 28.7 Å². The normalized spacial score (nSPS) is 12.8. The SMILES string of the molecule is C1=CC(c2ccc(-c3nc(-c4ccc(-n5c6ccccc6c6cc7c8ccccc8n(-c8ccccc8)c7cc65)cc4)nc(-c4cccc(-n5c6ccccc6c6ccccc65)c4)n3)cc2)=CCC1. The highest BCUT2D eigenvalue weighted by molar-refractivity contribution is 6.19. The molecule has 0 amide bonds. The highest BCUT2D eigenvalue weighted by Gasteiger charge is 2.20. The van der Waals surface area contributed by atoms with Gasteiger partial charge in [0.25, 0.3) is 0 Å². The van der Waals surface area contributed by atoms with Gasteiger partial charge in [-0.05, 0) is 109 Å². The predicted octanol–water partition coefficient (Wildman–Crippen LogP) is 15.9. The molecule has 4 aromatic heterocycles. The second-order valence-corrected chi connectivity index (χ2v) is 17.9. The van der Waals surface area contributed by atoms with E-state index in [-0.39, 0.29) is 0 Å². The molecule has 0 unspecified atom stereocenters. The van der Waals surface area contributed by atoms with E-state index in [1.807, 2.05) is 0 Å². The van der Waals surface area contributed by atoms with Crippen molar-refractivity contribution < 1.29 is 0 Å². The maximum Gasteiger partial charge on any atom is 0.164 e. The zero-order valence-corrected chi connectivity index (χ0v) is 37.5. The first-order valence-electron chi connectivity index (χ1n) is 23.7. The average Bonchev–Trinajstić information content (AvgIpc) is 4.06. The number of hydrogen-bond donors (Lipinski definition) is 0. The minimum Gasteiger partial charge on any atom is -0.309 e. The molecule has 14 rings (SSSR count). The summed E-state index contributed by atoms with van der Waals surface area (Å²) in [6, 6.07) is 76.0. The molecule has 0 saturated carbocycles. The van der Waals surface area contributed by atoms with Gasteiger partial charge in [0.2, 0.25) is 0 Å². The van der Waals surface area contributed by atoms with Crippen LogP contribution in [0.2, 0.25) is 0 Å². The summed E-state index contributed by atoms with van der Waals surface area (Å²) in [7, 11) is 0. The van der Waals surface area contributed by atoms with Gasteiger partial charge in [-0.1, -0.05) is 146 Å². The van der Waals surface area contributed by atoms with Crippen LogP contribution in [0.25, 0.3) is 122 Å². The number of allylic oxidation sites excluding steroid dienone is 4. The van der Waals surface area contributed by atoms with Crippen molar-refractivity contribution in [1.29, 1.82) is 0 Å². The van der Waals surface area contributed by atoms with E-state index in [9.17, 15) is 0 Å². The Morgan fingerprint density at radius 3 is 1.26 bits per heavy atom. The Labute approximate surface area is 398 Å². The average molecular weight is 883 g/mol. The molecule has 1 aliphatic rings. The summed E-state index contributed by atoms with van der Waals surface area (Å²) in [4.78, 5) is 15.7. The van der Waals surface area contributed by atoms with Crippen LogP contribution in [0.4, 0.5) is 0 Å². The third-order valence-corrected chi connectivity index (χ3v) is 13.9. The van der Waals surface area contributed by atoms with Crippen molar-refractivity contribution in [2.45, 2.75) is 12.8 Å². The van der Waals surface area contributed by atoms with Gasteiger partial charge in [0.15, 0.2) is 17.5 Å². The van der Waals surface area contributed by atoms with E-state index in [2.05, 4.69) is 244 Å². The summed E-state index contributed by atoms with van der Waals surface area (Å²) in [6.07, 6.45) is 8.92. The van der Waals surface area contributed by atoms with Crippen LogP contribution in [-0.2, 0) is 0 Å². The molecular formula is C63H42N6. The molecule has 0 radical (unpaired) electrons. The molecule has 6 heteroatoms. The fourth-order valence-corrected chi connectivity index (χ4v) is 10.7. The van der Waals surface area contributed by atoms with Crippen molar-refractivity contribution >= 4 is 71.0 Å². The number of benzene rings is 9. The topological polar surface area (TPSA) is 53.5 Å². The molecule has 0 saturated heterocycles. The molecule has 13 aromatic rings. The molecular weight excluding hydrogens is 841 g/mol. The lowest BCUT2D eigenvalue weighted by Gasteiger charge is -2.13. The fraction of sp³-hybridized carbons (Fsp3) is 0.0317. The van der Waals surface area contributed by atoms with E-state index in [4.69, 9.17) is 15.0 Å². The van der Waals surface area contributed by atoms with E-state index in [1.54, 1.807) is 0 Å². The third kappa shape index (κ3) is 6.37. The largest absolute Gasteiger partial charge is 0.309 e. The number of rotatable bonds is 7.